The molecule has 0 aliphatic heterocycles. The first-order chi connectivity index (χ1) is 14.3. The lowest BCUT2D eigenvalue weighted by Crippen LogP contribution is -2.34. The van der Waals surface area contributed by atoms with Gasteiger partial charge in [0.15, 0.2) is 0 Å². The molecule has 0 saturated carbocycles. The summed E-state index contributed by atoms with van der Waals surface area (Å²) < 4.78 is 10.6. The first-order valence-corrected chi connectivity index (χ1v) is 9.86. The van der Waals surface area contributed by atoms with E-state index in [2.05, 4.69) is 20.5 Å². The summed E-state index contributed by atoms with van der Waals surface area (Å²) in [6.45, 7) is 10.6. The van der Waals surface area contributed by atoms with Crippen LogP contribution >= 0.6 is 11.6 Å². The Morgan fingerprint density at radius 3 is 2.39 bits per heavy atom. The highest BCUT2D eigenvalue weighted by Crippen LogP contribution is 2.27. The molecule has 0 fully saturated rings. The fraction of sp³-hybridized carbons (Fsp3) is 0.381. The lowest BCUT2D eigenvalue weighted by Gasteiger charge is -2.27. The first-order valence-electron chi connectivity index (χ1n) is 9.48. The Hall–Kier alpha value is -3.20. The van der Waals surface area contributed by atoms with Crippen molar-refractivity contribution in [3.8, 4) is 0 Å². The van der Waals surface area contributed by atoms with Crippen LogP contribution < -0.4 is 10.3 Å². The van der Waals surface area contributed by atoms with E-state index < -0.39 is 23.4 Å². The van der Waals surface area contributed by atoms with Crippen LogP contribution in [-0.4, -0.2) is 39.6 Å². The Balaban J connectivity index is 2.30. The molecule has 0 aliphatic rings. The molecular weight excluding hydrogens is 422 g/mol. The van der Waals surface area contributed by atoms with Crippen molar-refractivity contribution >= 4 is 41.5 Å². The highest BCUT2D eigenvalue weighted by molar-refractivity contribution is 6.28. The quantitative estimate of drug-likeness (QED) is 0.398. The summed E-state index contributed by atoms with van der Waals surface area (Å²) in [7, 11) is 0. The molecule has 31 heavy (non-hydrogen) atoms. The van der Waals surface area contributed by atoms with Crippen molar-refractivity contribution < 1.29 is 19.1 Å². The van der Waals surface area contributed by atoms with Gasteiger partial charge in [0, 0.05) is 12.3 Å². The van der Waals surface area contributed by atoms with Crippen molar-refractivity contribution in [1.82, 2.24) is 15.4 Å². The summed E-state index contributed by atoms with van der Waals surface area (Å²) >= 11 is 5.92. The molecule has 0 saturated heterocycles. The number of carbonyl (C=O) groups is 2. The van der Waals surface area contributed by atoms with Crippen LogP contribution in [0.4, 0.5) is 21.1 Å². The van der Waals surface area contributed by atoms with Crippen molar-refractivity contribution in [2.24, 2.45) is 5.10 Å². The van der Waals surface area contributed by atoms with Crippen LogP contribution in [0.5, 0.6) is 0 Å². The number of benzene rings is 1. The smallest absolute Gasteiger partial charge is 0.428 e. The topological polar surface area (TPSA) is 106 Å². The average molecular weight is 448 g/mol. The SMILES string of the molecule is CC(C)(C)OC(=O)N/N=C\c1cccc(N(C(=O)OC(C)(C)C)c2ccnc(Cl)n2)c1. The van der Waals surface area contributed by atoms with Gasteiger partial charge < -0.3 is 9.47 Å². The van der Waals surface area contributed by atoms with Crippen molar-refractivity contribution in [2.45, 2.75) is 52.7 Å². The van der Waals surface area contributed by atoms with Gasteiger partial charge in [-0.25, -0.2) is 24.9 Å². The van der Waals surface area contributed by atoms with Gasteiger partial charge in [0.2, 0.25) is 5.28 Å². The second kappa shape index (κ2) is 9.74. The van der Waals surface area contributed by atoms with Crippen molar-refractivity contribution in [3.63, 3.8) is 0 Å². The third kappa shape index (κ3) is 8.21. The van der Waals surface area contributed by atoms with Gasteiger partial charge >= 0.3 is 12.2 Å². The first kappa shape index (κ1) is 24.1. The minimum atomic E-state index is -0.720. The summed E-state index contributed by atoms with van der Waals surface area (Å²) in [6.07, 6.45) is 1.56. The minimum Gasteiger partial charge on any atom is -0.443 e. The number of carbonyl (C=O) groups excluding carboxylic acids is 2. The number of ether oxygens (including phenoxy) is 2. The van der Waals surface area contributed by atoms with Gasteiger partial charge in [-0.1, -0.05) is 12.1 Å². The zero-order valence-electron chi connectivity index (χ0n) is 18.3. The number of halogens is 1. The molecular formula is C21H26ClN5O4. The van der Waals surface area contributed by atoms with Gasteiger partial charge in [0.1, 0.15) is 17.0 Å². The molecule has 9 nitrogen and oxygen atoms in total. The van der Waals surface area contributed by atoms with Crippen LogP contribution in [-0.2, 0) is 9.47 Å². The van der Waals surface area contributed by atoms with Crippen LogP contribution in [0.1, 0.15) is 47.1 Å². The number of anilines is 2. The monoisotopic (exact) mass is 447 g/mol. The molecule has 166 valence electrons. The third-order valence-electron chi connectivity index (χ3n) is 3.31. The van der Waals surface area contributed by atoms with Crippen LogP contribution in [0, 0.1) is 0 Å². The van der Waals surface area contributed by atoms with E-state index >= 15 is 0 Å². The number of hydrogen-bond donors (Lipinski definition) is 1. The molecule has 1 aromatic heterocycles. The predicted octanol–water partition coefficient (Wildman–Crippen LogP) is 5.06. The Kier molecular flexibility index (Phi) is 7.56. The molecule has 0 bridgehead atoms. The zero-order chi connectivity index (χ0) is 23.2. The maximum atomic E-state index is 12.9. The Bertz CT molecular complexity index is 967. The molecule has 0 aliphatic carbocycles. The number of hydrazone groups is 1. The average Bonchev–Trinajstić information content (AvgIpc) is 2.59. The normalized spacial score (nSPS) is 11.8. The zero-order valence-corrected chi connectivity index (χ0v) is 19.1. The largest absolute Gasteiger partial charge is 0.443 e. The standard InChI is InChI=1S/C21H26ClN5O4/c1-20(2,3)30-18(28)26-24-13-14-8-7-9-15(12-14)27(19(29)31-21(4,5)6)16-10-11-23-17(22)25-16/h7-13H,1-6H3,(H,26,28)/b24-13-. The van der Waals surface area contributed by atoms with E-state index in [-0.39, 0.29) is 11.1 Å². The van der Waals surface area contributed by atoms with E-state index in [1.807, 2.05) is 0 Å². The molecule has 0 unspecified atom stereocenters. The van der Waals surface area contributed by atoms with Crippen LogP contribution in [0.2, 0.25) is 5.28 Å². The van der Waals surface area contributed by atoms with Crippen LogP contribution in [0.3, 0.4) is 0 Å². The highest BCUT2D eigenvalue weighted by Gasteiger charge is 2.26. The van der Waals surface area contributed by atoms with Gasteiger partial charge in [-0.2, -0.15) is 10.1 Å². The molecule has 0 spiro atoms. The number of nitrogens with zero attached hydrogens (tertiary/aromatic N) is 4. The second-order valence-electron chi connectivity index (χ2n) is 8.47. The molecule has 1 aromatic carbocycles. The highest BCUT2D eigenvalue weighted by atomic mass is 35.5. The molecule has 2 aromatic rings. The van der Waals surface area contributed by atoms with Crippen LogP contribution in [0.25, 0.3) is 0 Å². The van der Waals surface area contributed by atoms with Crippen molar-refractivity contribution in [2.75, 3.05) is 4.90 Å². The molecule has 0 atom stereocenters. The summed E-state index contributed by atoms with van der Waals surface area (Å²) in [5.41, 5.74) is 2.02. The number of amides is 2. The maximum Gasteiger partial charge on any atom is 0.428 e. The van der Waals surface area contributed by atoms with E-state index in [4.69, 9.17) is 21.1 Å². The minimum absolute atomic E-state index is 0.00895. The molecule has 1 heterocycles. The molecule has 1 N–H and O–H groups in total. The van der Waals surface area contributed by atoms with Crippen molar-refractivity contribution in [1.29, 1.82) is 0 Å². The van der Waals surface area contributed by atoms with E-state index in [1.165, 1.54) is 17.3 Å². The van der Waals surface area contributed by atoms with Gasteiger partial charge in [-0.15, -0.1) is 0 Å². The maximum absolute atomic E-state index is 12.9. The van der Waals surface area contributed by atoms with Gasteiger partial charge in [0.05, 0.1) is 11.9 Å². The lowest BCUT2D eigenvalue weighted by molar-refractivity contribution is 0.0528. The fourth-order valence-electron chi connectivity index (χ4n) is 2.29. The van der Waals surface area contributed by atoms with E-state index in [9.17, 15) is 9.59 Å². The number of hydrogen-bond acceptors (Lipinski definition) is 7. The Morgan fingerprint density at radius 2 is 1.77 bits per heavy atom. The lowest BCUT2D eigenvalue weighted by atomic mass is 10.2. The third-order valence-corrected chi connectivity index (χ3v) is 3.50. The van der Waals surface area contributed by atoms with E-state index in [1.54, 1.807) is 71.9 Å². The molecule has 2 amide bonds. The predicted molar refractivity (Wildman–Crippen MR) is 119 cm³/mol. The summed E-state index contributed by atoms with van der Waals surface area (Å²) in [4.78, 5) is 33.9. The van der Waals surface area contributed by atoms with Gasteiger partial charge in [-0.3, -0.25) is 0 Å². The summed E-state index contributed by atoms with van der Waals surface area (Å²) in [5.74, 6) is 0.246. The molecule has 2 rings (SSSR count). The van der Waals surface area contributed by atoms with Crippen molar-refractivity contribution in [3.05, 3.63) is 47.4 Å². The molecule has 0 radical (unpaired) electrons. The number of aromatic nitrogens is 2. The number of rotatable bonds is 4. The molecule has 10 heteroatoms. The van der Waals surface area contributed by atoms with Gasteiger partial charge in [-0.05, 0) is 70.8 Å². The summed E-state index contributed by atoms with van der Waals surface area (Å²) in [5, 5.41) is 3.88. The Morgan fingerprint density at radius 1 is 1.10 bits per heavy atom. The van der Waals surface area contributed by atoms with E-state index in [0.717, 1.165) is 0 Å². The fourth-order valence-corrected chi connectivity index (χ4v) is 2.44. The van der Waals surface area contributed by atoms with E-state index in [0.29, 0.717) is 11.3 Å². The van der Waals surface area contributed by atoms with Crippen LogP contribution in [0.15, 0.2) is 41.6 Å². The van der Waals surface area contributed by atoms with Gasteiger partial charge in [0.25, 0.3) is 0 Å². The number of nitrogens with one attached hydrogen (secondary N) is 1. The second-order valence-corrected chi connectivity index (χ2v) is 8.80. The summed E-state index contributed by atoms with van der Waals surface area (Å²) in [6, 6.07) is 8.41. The Labute approximate surface area is 186 Å².